The molecular formula is C35H33NO6. The molecule has 1 amide bonds. The maximum atomic E-state index is 13.3. The average molecular weight is 564 g/mol. The Morgan fingerprint density at radius 2 is 1.10 bits per heavy atom. The fourth-order valence-corrected chi connectivity index (χ4v) is 4.37. The maximum Gasteiger partial charge on any atom is 0.348 e. The van der Waals surface area contributed by atoms with Gasteiger partial charge in [-0.15, -0.1) is 0 Å². The van der Waals surface area contributed by atoms with Crippen molar-refractivity contribution in [2.45, 2.75) is 44.4 Å². The predicted molar refractivity (Wildman–Crippen MR) is 158 cm³/mol. The summed E-state index contributed by atoms with van der Waals surface area (Å²) in [5.41, 5.74) is 2.91. The van der Waals surface area contributed by atoms with E-state index in [1.165, 1.54) is 0 Å². The number of Topliss-reactive ketones (excluding diaryl/α,β-unsaturated/α-hetero) is 1. The molecule has 0 aliphatic carbocycles. The lowest BCUT2D eigenvalue weighted by Crippen LogP contribution is -2.42. The molecule has 0 fully saturated rings. The molecule has 2 atom stereocenters. The van der Waals surface area contributed by atoms with Crippen LogP contribution in [0.4, 0.5) is 0 Å². The molecule has 0 saturated carbocycles. The highest BCUT2D eigenvalue weighted by Crippen LogP contribution is 2.13. The van der Waals surface area contributed by atoms with Gasteiger partial charge in [-0.2, -0.15) is 0 Å². The standard InChI is InChI=1S/C35H33NO6/c37-31(30(23-26-13-5-1-6-14-26)36-34(39)29-19-11-4-12-20-29)21-22-33(38)42-32(24-27-15-7-2-8-16-27)35(40)41-25-28-17-9-3-10-18-28/h1-20,30,32H,21-25H2,(H,36,39)/t30-,32-/m0/s1. The molecule has 0 unspecified atom stereocenters. The Balaban J connectivity index is 1.39. The third-order valence-corrected chi connectivity index (χ3v) is 6.61. The topological polar surface area (TPSA) is 98.8 Å². The highest BCUT2D eigenvalue weighted by molar-refractivity contribution is 5.98. The summed E-state index contributed by atoms with van der Waals surface area (Å²) in [5.74, 6) is -2.06. The lowest BCUT2D eigenvalue weighted by molar-refractivity contribution is -0.168. The van der Waals surface area contributed by atoms with Crippen molar-refractivity contribution in [2.24, 2.45) is 0 Å². The summed E-state index contributed by atoms with van der Waals surface area (Å²) in [6.45, 7) is 0.0449. The van der Waals surface area contributed by atoms with Crippen molar-refractivity contribution in [3.05, 3.63) is 144 Å². The van der Waals surface area contributed by atoms with E-state index in [1.54, 1.807) is 30.3 Å². The highest BCUT2D eigenvalue weighted by atomic mass is 16.6. The number of rotatable bonds is 14. The lowest BCUT2D eigenvalue weighted by atomic mass is 9.99. The summed E-state index contributed by atoms with van der Waals surface area (Å²) in [6.07, 6.45) is -1.17. The monoisotopic (exact) mass is 563 g/mol. The molecule has 0 aliphatic heterocycles. The summed E-state index contributed by atoms with van der Waals surface area (Å²) in [5, 5.41) is 2.81. The van der Waals surface area contributed by atoms with Crippen LogP contribution in [0.25, 0.3) is 0 Å². The molecule has 0 radical (unpaired) electrons. The van der Waals surface area contributed by atoms with Gasteiger partial charge in [-0.3, -0.25) is 14.4 Å². The van der Waals surface area contributed by atoms with Crippen LogP contribution in [0.5, 0.6) is 0 Å². The van der Waals surface area contributed by atoms with Crippen molar-refractivity contribution in [1.29, 1.82) is 0 Å². The van der Waals surface area contributed by atoms with E-state index in [1.807, 2.05) is 91.0 Å². The Morgan fingerprint density at radius 3 is 1.67 bits per heavy atom. The zero-order valence-corrected chi connectivity index (χ0v) is 23.2. The number of hydrogen-bond donors (Lipinski definition) is 1. The summed E-state index contributed by atoms with van der Waals surface area (Å²) in [6, 6.07) is 35.5. The van der Waals surface area contributed by atoms with Crippen LogP contribution in [0, 0.1) is 0 Å². The quantitative estimate of drug-likeness (QED) is 0.210. The zero-order chi connectivity index (χ0) is 29.6. The van der Waals surface area contributed by atoms with Crippen molar-refractivity contribution < 1.29 is 28.7 Å². The van der Waals surface area contributed by atoms with Crippen LogP contribution >= 0.6 is 0 Å². The van der Waals surface area contributed by atoms with Crippen molar-refractivity contribution in [3.63, 3.8) is 0 Å². The van der Waals surface area contributed by atoms with E-state index in [-0.39, 0.29) is 44.0 Å². The second-order valence-electron chi connectivity index (χ2n) is 9.81. The SMILES string of the molecule is O=C(CCC(=O)[C@H](Cc1ccccc1)NC(=O)c1ccccc1)O[C@@H](Cc1ccccc1)C(=O)OCc1ccccc1. The first kappa shape index (κ1) is 29.9. The minimum absolute atomic E-state index is 0.0449. The van der Waals surface area contributed by atoms with Crippen molar-refractivity contribution >= 4 is 23.6 Å². The highest BCUT2D eigenvalue weighted by Gasteiger charge is 2.27. The third-order valence-electron chi connectivity index (χ3n) is 6.61. The van der Waals surface area contributed by atoms with Crippen molar-refractivity contribution in [3.8, 4) is 0 Å². The Morgan fingerprint density at radius 1 is 0.595 bits per heavy atom. The van der Waals surface area contributed by atoms with Gasteiger partial charge in [0.2, 0.25) is 6.10 Å². The smallest absolute Gasteiger partial charge is 0.348 e. The van der Waals surface area contributed by atoms with Gasteiger partial charge in [0.1, 0.15) is 6.61 Å². The number of hydrogen-bond acceptors (Lipinski definition) is 6. The van der Waals surface area contributed by atoms with Gasteiger partial charge in [0.25, 0.3) is 5.91 Å². The summed E-state index contributed by atoms with van der Waals surface area (Å²) in [4.78, 5) is 51.9. The number of ketones is 1. The molecule has 0 aromatic heterocycles. The van der Waals surface area contributed by atoms with Gasteiger partial charge >= 0.3 is 11.9 Å². The molecule has 7 nitrogen and oxygen atoms in total. The fourth-order valence-electron chi connectivity index (χ4n) is 4.37. The van der Waals surface area contributed by atoms with Crippen molar-refractivity contribution in [1.82, 2.24) is 5.32 Å². The van der Waals surface area contributed by atoms with Crippen LogP contribution in [-0.2, 0) is 43.3 Å². The molecule has 42 heavy (non-hydrogen) atoms. The van der Waals surface area contributed by atoms with Crippen molar-refractivity contribution in [2.75, 3.05) is 0 Å². The fraction of sp³-hybridized carbons (Fsp3) is 0.200. The van der Waals surface area contributed by atoms with Gasteiger partial charge in [0.15, 0.2) is 5.78 Å². The molecule has 7 heteroatoms. The summed E-state index contributed by atoms with van der Waals surface area (Å²) < 4.78 is 11.0. The number of ether oxygens (including phenoxy) is 2. The molecule has 0 bridgehead atoms. The molecule has 0 heterocycles. The predicted octanol–water partition coefficient (Wildman–Crippen LogP) is 5.27. The maximum absolute atomic E-state index is 13.3. The van der Waals surface area contributed by atoms with E-state index < -0.39 is 24.1 Å². The number of carbonyl (C=O) groups is 4. The number of esters is 2. The molecular weight excluding hydrogens is 530 g/mol. The average Bonchev–Trinajstić information content (AvgIpc) is 3.03. The first-order valence-corrected chi connectivity index (χ1v) is 13.8. The Labute approximate surface area is 245 Å². The minimum Gasteiger partial charge on any atom is -0.458 e. The zero-order valence-electron chi connectivity index (χ0n) is 23.2. The van der Waals surface area contributed by atoms with E-state index in [0.29, 0.717) is 5.56 Å². The van der Waals surface area contributed by atoms with Gasteiger partial charge < -0.3 is 14.8 Å². The first-order valence-electron chi connectivity index (χ1n) is 13.8. The normalized spacial score (nSPS) is 12.0. The van der Waals surface area contributed by atoms with E-state index in [0.717, 1.165) is 16.7 Å². The van der Waals surface area contributed by atoms with Crippen LogP contribution in [0.1, 0.15) is 39.9 Å². The Kier molecular flexibility index (Phi) is 11.2. The third kappa shape index (κ3) is 9.55. The van der Waals surface area contributed by atoms with Crippen LogP contribution in [-0.4, -0.2) is 35.8 Å². The van der Waals surface area contributed by atoms with Gasteiger partial charge in [-0.25, -0.2) is 4.79 Å². The van der Waals surface area contributed by atoms with Gasteiger partial charge in [-0.05, 0) is 35.2 Å². The van der Waals surface area contributed by atoms with Gasteiger partial charge in [0.05, 0.1) is 12.5 Å². The number of amides is 1. The summed E-state index contributed by atoms with van der Waals surface area (Å²) >= 11 is 0. The minimum atomic E-state index is -1.17. The number of carbonyl (C=O) groups excluding carboxylic acids is 4. The number of nitrogens with one attached hydrogen (secondary N) is 1. The Bertz CT molecular complexity index is 1440. The van der Waals surface area contributed by atoms with E-state index >= 15 is 0 Å². The van der Waals surface area contributed by atoms with Gasteiger partial charge in [0, 0.05) is 18.4 Å². The second kappa shape index (κ2) is 15.7. The largest absolute Gasteiger partial charge is 0.458 e. The molecule has 0 aliphatic rings. The number of benzene rings is 4. The molecule has 1 N–H and O–H groups in total. The molecule has 214 valence electrons. The molecule has 4 rings (SSSR count). The molecule has 4 aromatic rings. The lowest BCUT2D eigenvalue weighted by Gasteiger charge is -2.19. The summed E-state index contributed by atoms with van der Waals surface area (Å²) in [7, 11) is 0. The van der Waals surface area contributed by atoms with E-state index in [4.69, 9.17) is 9.47 Å². The van der Waals surface area contributed by atoms with Crippen LogP contribution in [0.15, 0.2) is 121 Å². The molecule has 0 spiro atoms. The molecule has 0 saturated heterocycles. The van der Waals surface area contributed by atoms with Gasteiger partial charge in [-0.1, -0.05) is 109 Å². The van der Waals surface area contributed by atoms with Crippen LogP contribution in [0.3, 0.4) is 0 Å². The van der Waals surface area contributed by atoms with E-state index in [9.17, 15) is 19.2 Å². The Hall–Kier alpha value is -5.04. The van der Waals surface area contributed by atoms with Crippen LogP contribution in [0.2, 0.25) is 0 Å². The second-order valence-corrected chi connectivity index (χ2v) is 9.81. The first-order chi connectivity index (χ1) is 20.5. The van der Waals surface area contributed by atoms with Crippen LogP contribution < -0.4 is 5.32 Å². The molecule has 4 aromatic carbocycles. The van der Waals surface area contributed by atoms with E-state index in [2.05, 4.69) is 5.32 Å².